The van der Waals surface area contributed by atoms with Crippen LogP contribution in [0, 0.1) is 5.92 Å². The van der Waals surface area contributed by atoms with Crippen LogP contribution in [0.5, 0.6) is 0 Å². The molecule has 0 spiro atoms. The molecule has 0 aromatic heterocycles. The average molecular weight is 285 g/mol. The van der Waals surface area contributed by atoms with Crippen LogP contribution in [0.1, 0.15) is 32.6 Å². The first-order valence-electron chi connectivity index (χ1n) is 7.46. The number of carboxylic acids is 1. The number of urea groups is 1. The van der Waals surface area contributed by atoms with Crippen molar-refractivity contribution in [3.63, 3.8) is 0 Å². The highest BCUT2D eigenvalue weighted by Crippen LogP contribution is 2.08. The van der Waals surface area contributed by atoms with Crippen molar-refractivity contribution in [1.29, 1.82) is 0 Å². The Kier molecular flexibility index (Phi) is 7.36. The van der Waals surface area contributed by atoms with Gasteiger partial charge in [0, 0.05) is 33.1 Å². The summed E-state index contributed by atoms with van der Waals surface area (Å²) in [6, 6.07) is -0.118. The van der Waals surface area contributed by atoms with E-state index in [1.165, 1.54) is 12.8 Å². The third-order valence-electron chi connectivity index (χ3n) is 3.88. The van der Waals surface area contributed by atoms with Crippen LogP contribution < -0.4 is 5.32 Å². The number of carbonyl (C=O) groups excluding carboxylic acids is 1. The molecule has 1 unspecified atom stereocenters. The van der Waals surface area contributed by atoms with Gasteiger partial charge in [0.05, 0.1) is 0 Å². The van der Waals surface area contributed by atoms with E-state index in [-0.39, 0.29) is 18.4 Å². The Morgan fingerprint density at radius 2 is 2.00 bits per heavy atom. The molecular formula is C14H27N3O3. The molecule has 1 rings (SSSR count). The van der Waals surface area contributed by atoms with Crippen LogP contribution >= 0.6 is 0 Å². The SMILES string of the molecule is CCC(CNC(=O)N(C)CCN1CCCC1)CC(=O)O. The van der Waals surface area contributed by atoms with E-state index in [1.807, 2.05) is 6.92 Å². The van der Waals surface area contributed by atoms with Crippen molar-refractivity contribution in [1.82, 2.24) is 15.1 Å². The van der Waals surface area contributed by atoms with Crippen LogP contribution in [-0.4, -0.2) is 66.7 Å². The van der Waals surface area contributed by atoms with E-state index in [0.717, 1.165) is 26.1 Å². The van der Waals surface area contributed by atoms with Crippen LogP contribution in [0.2, 0.25) is 0 Å². The molecular weight excluding hydrogens is 258 g/mol. The van der Waals surface area contributed by atoms with Gasteiger partial charge in [-0.2, -0.15) is 0 Å². The highest BCUT2D eigenvalue weighted by Gasteiger charge is 2.16. The van der Waals surface area contributed by atoms with Gasteiger partial charge in [-0.15, -0.1) is 0 Å². The Bertz CT molecular complexity index is 317. The fraction of sp³-hybridized carbons (Fsp3) is 0.857. The van der Waals surface area contributed by atoms with Crippen molar-refractivity contribution in [3.8, 4) is 0 Å². The molecule has 0 radical (unpaired) electrons. The van der Waals surface area contributed by atoms with Gasteiger partial charge in [0.1, 0.15) is 0 Å². The molecule has 0 aliphatic carbocycles. The summed E-state index contributed by atoms with van der Waals surface area (Å²) in [7, 11) is 1.78. The van der Waals surface area contributed by atoms with Gasteiger partial charge in [-0.1, -0.05) is 13.3 Å². The maximum absolute atomic E-state index is 11.9. The number of amides is 2. The lowest BCUT2D eigenvalue weighted by Gasteiger charge is -2.23. The Hall–Kier alpha value is -1.30. The third kappa shape index (κ3) is 6.23. The zero-order valence-corrected chi connectivity index (χ0v) is 12.6. The second-order valence-corrected chi connectivity index (χ2v) is 5.53. The van der Waals surface area contributed by atoms with Crippen molar-refractivity contribution in [2.45, 2.75) is 32.6 Å². The number of hydrogen-bond donors (Lipinski definition) is 2. The molecule has 2 amide bonds. The summed E-state index contributed by atoms with van der Waals surface area (Å²) in [5.41, 5.74) is 0. The minimum absolute atomic E-state index is 0.00318. The number of carbonyl (C=O) groups is 2. The smallest absolute Gasteiger partial charge is 0.317 e. The lowest BCUT2D eigenvalue weighted by atomic mass is 10.0. The van der Waals surface area contributed by atoms with E-state index >= 15 is 0 Å². The molecule has 1 atom stereocenters. The van der Waals surface area contributed by atoms with Crippen LogP contribution in [0.15, 0.2) is 0 Å². The van der Waals surface area contributed by atoms with E-state index in [2.05, 4.69) is 10.2 Å². The average Bonchev–Trinajstić information content (AvgIpc) is 2.93. The molecule has 0 bridgehead atoms. The molecule has 2 N–H and O–H groups in total. The largest absolute Gasteiger partial charge is 0.481 e. The quantitative estimate of drug-likeness (QED) is 0.703. The van der Waals surface area contributed by atoms with Gasteiger partial charge in [0.25, 0.3) is 0 Å². The first-order valence-corrected chi connectivity index (χ1v) is 7.46. The van der Waals surface area contributed by atoms with Gasteiger partial charge >= 0.3 is 12.0 Å². The number of rotatable bonds is 8. The molecule has 1 saturated heterocycles. The molecule has 116 valence electrons. The minimum atomic E-state index is -0.812. The second kappa shape index (κ2) is 8.79. The van der Waals surface area contributed by atoms with Crippen LogP contribution in [-0.2, 0) is 4.79 Å². The van der Waals surface area contributed by atoms with Gasteiger partial charge < -0.3 is 20.2 Å². The number of likely N-dealkylation sites (N-methyl/N-ethyl adjacent to an activating group) is 1. The number of nitrogens with zero attached hydrogens (tertiary/aromatic N) is 2. The molecule has 1 aliphatic heterocycles. The Morgan fingerprint density at radius 1 is 1.35 bits per heavy atom. The standard InChI is InChI=1S/C14H27N3O3/c1-3-12(10-13(18)19)11-15-14(20)16(2)8-9-17-6-4-5-7-17/h12H,3-11H2,1-2H3,(H,15,20)(H,18,19). The van der Waals surface area contributed by atoms with Gasteiger partial charge in [0.15, 0.2) is 0 Å². The number of likely N-dealkylation sites (tertiary alicyclic amines) is 1. The monoisotopic (exact) mass is 285 g/mol. The second-order valence-electron chi connectivity index (χ2n) is 5.53. The van der Waals surface area contributed by atoms with E-state index in [0.29, 0.717) is 13.1 Å². The van der Waals surface area contributed by atoms with Crippen molar-refractivity contribution in [3.05, 3.63) is 0 Å². The lowest BCUT2D eigenvalue weighted by Crippen LogP contribution is -2.42. The van der Waals surface area contributed by atoms with Gasteiger partial charge in [0.2, 0.25) is 0 Å². The summed E-state index contributed by atoms with van der Waals surface area (Å²) in [5.74, 6) is -0.808. The van der Waals surface area contributed by atoms with E-state index in [9.17, 15) is 9.59 Å². The fourth-order valence-corrected chi connectivity index (χ4v) is 2.37. The number of nitrogens with one attached hydrogen (secondary N) is 1. The van der Waals surface area contributed by atoms with Gasteiger partial charge in [-0.05, 0) is 31.8 Å². The summed E-state index contributed by atoms with van der Waals surface area (Å²) in [5, 5.41) is 11.6. The van der Waals surface area contributed by atoms with Crippen LogP contribution in [0.3, 0.4) is 0 Å². The topological polar surface area (TPSA) is 72.9 Å². The van der Waals surface area contributed by atoms with E-state index < -0.39 is 5.97 Å². The van der Waals surface area contributed by atoms with Crippen molar-refractivity contribution < 1.29 is 14.7 Å². The summed E-state index contributed by atoms with van der Waals surface area (Å²) in [6.45, 7) is 6.25. The molecule has 1 fully saturated rings. The molecule has 0 aromatic carbocycles. The highest BCUT2D eigenvalue weighted by atomic mass is 16.4. The minimum Gasteiger partial charge on any atom is -0.481 e. The van der Waals surface area contributed by atoms with Gasteiger partial charge in [-0.3, -0.25) is 4.79 Å². The number of aliphatic carboxylic acids is 1. The zero-order valence-electron chi connectivity index (χ0n) is 12.6. The summed E-state index contributed by atoms with van der Waals surface area (Å²) >= 11 is 0. The third-order valence-corrected chi connectivity index (χ3v) is 3.88. The first kappa shape index (κ1) is 16.8. The maximum Gasteiger partial charge on any atom is 0.317 e. The fourth-order valence-electron chi connectivity index (χ4n) is 2.37. The Morgan fingerprint density at radius 3 is 2.55 bits per heavy atom. The summed E-state index contributed by atoms with van der Waals surface area (Å²) in [6.07, 6.45) is 3.37. The number of hydrogen-bond acceptors (Lipinski definition) is 3. The normalized spacial score (nSPS) is 16.9. The Balaban J connectivity index is 2.20. The maximum atomic E-state index is 11.9. The zero-order chi connectivity index (χ0) is 15.0. The molecule has 6 nitrogen and oxygen atoms in total. The van der Waals surface area contributed by atoms with E-state index in [4.69, 9.17) is 5.11 Å². The first-order chi connectivity index (χ1) is 9.52. The lowest BCUT2D eigenvalue weighted by molar-refractivity contribution is -0.138. The molecule has 1 aliphatic rings. The predicted octanol–water partition coefficient (Wildman–Crippen LogP) is 1.22. The van der Waals surface area contributed by atoms with Crippen molar-refractivity contribution in [2.75, 3.05) is 39.8 Å². The molecule has 0 aromatic rings. The molecule has 6 heteroatoms. The van der Waals surface area contributed by atoms with E-state index in [1.54, 1.807) is 11.9 Å². The number of carboxylic acid groups (broad SMARTS) is 1. The van der Waals surface area contributed by atoms with Gasteiger partial charge in [-0.25, -0.2) is 4.79 Å². The van der Waals surface area contributed by atoms with Crippen LogP contribution in [0.4, 0.5) is 4.79 Å². The highest BCUT2D eigenvalue weighted by molar-refractivity contribution is 5.74. The predicted molar refractivity (Wildman–Crippen MR) is 77.7 cm³/mol. The molecule has 0 saturated carbocycles. The summed E-state index contributed by atoms with van der Waals surface area (Å²) < 4.78 is 0. The molecule has 1 heterocycles. The van der Waals surface area contributed by atoms with Crippen LogP contribution in [0.25, 0.3) is 0 Å². The Labute approximate surface area is 121 Å². The summed E-state index contributed by atoms with van der Waals surface area (Å²) in [4.78, 5) is 26.6. The van der Waals surface area contributed by atoms with Crippen molar-refractivity contribution >= 4 is 12.0 Å². The van der Waals surface area contributed by atoms with Crippen molar-refractivity contribution in [2.24, 2.45) is 5.92 Å². The molecule has 20 heavy (non-hydrogen) atoms.